The molecular formula is C23H34N5O8P. The van der Waals surface area contributed by atoms with Gasteiger partial charge in [-0.2, -0.15) is 4.98 Å². The van der Waals surface area contributed by atoms with E-state index in [1.165, 1.54) is 12.1 Å². The number of nitrogens with one attached hydrogen (secondary N) is 1. The summed E-state index contributed by atoms with van der Waals surface area (Å²) in [5, 5.41) is 0. The van der Waals surface area contributed by atoms with Crippen molar-refractivity contribution >= 4 is 36.6 Å². The fourth-order valence-corrected chi connectivity index (χ4v) is 4.22. The quantitative estimate of drug-likeness (QED) is 0.257. The van der Waals surface area contributed by atoms with Gasteiger partial charge < -0.3 is 19.8 Å². The van der Waals surface area contributed by atoms with Gasteiger partial charge in [0.05, 0.1) is 17.2 Å². The molecule has 0 radical (unpaired) electrons. The van der Waals surface area contributed by atoms with Crippen molar-refractivity contribution in [3.05, 3.63) is 28.6 Å². The zero-order chi connectivity index (χ0) is 27.6. The Labute approximate surface area is 214 Å². The molecule has 0 aromatic carbocycles. The van der Waals surface area contributed by atoms with Crippen LogP contribution in [0.4, 0.5) is 5.95 Å². The standard InChI is InChI=1S/C23H34N5O8P/c1-21(2,3)18(30)33-13-35-37(32,36-14-34-19(31)22(4,5)6)10-9-23(7-8-23)11-28-12-25-15-16(28)26-20(24)27-17(15)29/h9-10,12H,7-8,11,13-14H2,1-6H3,(H3,24,26,27,29). The molecule has 3 rings (SSSR count). The van der Waals surface area contributed by atoms with Crippen LogP contribution in [0.5, 0.6) is 0 Å². The summed E-state index contributed by atoms with van der Waals surface area (Å²) in [7, 11) is -4.00. The number of ether oxygens (including phenoxy) is 2. The van der Waals surface area contributed by atoms with Crippen LogP contribution in [0.15, 0.2) is 23.0 Å². The first-order valence-corrected chi connectivity index (χ1v) is 13.3. The molecule has 1 aliphatic rings. The SMILES string of the molecule is CC(C)(C)C(=O)OCOP(=O)(C=CC1(Cn2cnc3c(=O)[nH]c(N)nc32)CC1)OCOC(=O)C(C)(C)C. The first-order valence-electron chi connectivity index (χ1n) is 11.7. The largest absolute Gasteiger partial charge is 0.438 e. The highest BCUT2D eigenvalue weighted by atomic mass is 31.2. The van der Waals surface area contributed by atoms with Crippen molar-refractivity contribution in [2.75, 3.05) is 19.3 Å². The van der Waals surface area contributed by atoms with Crippen LogP contribution in [0.1, 0.15) is 54.4 Å². The van der Waals surface area contributed by atoms with Gasteiger partial charge in [0.1, 0.15) is 0 Å². The van der Waals surface area contributed by atoms with Gasteiger partial charge in [0.15, 0.2) is 11.2 Å². The number of carbonyl (C=O) groups excluding carboxylic acids is 2. The number of imidazole rings is 1. The second-order valence-corrected chi connectivity index (χ2v) is 13.0. The highest BCUT2D eigenvalue weighted by Gasteiger charge is 2.42. The van der Waals surface area contributed by atoms with Crippen molar-refractivity contribution in [3.63, 3.8) is 0 Å². The minimum Gasteiger partial charge on any atom is -0.438 e. The van der Waals surface area contributed by atoms with Gasteiger partial charge in [0.2, 0.25) is 19.5 Å². The fourth-order valence-electron chi connectivity index (χ4n) is 3.08. The number of H-pyrrole nitrogens is 1. The molecular weight excluding hydrogens is 505 g/mol. The number of nitrogens with zero attached hydrogens (tertiary/aromatic N) is 3. The zero-order valence-electron chi connectivity index (χ0n) is 21.9. The van der Waals surface area contributed by atoms with Gasteiger partial charge in [-0.25, -0.2) is 4.98 Å². The van der Waals surface area contributed by atoms with E-state index < -0.39 is 54.9 Å². The van der Waals surface area contributed by atoms with Crippen LogP contribution in [0.3, 0.4) is 0 Å². The minimum absolute atomic E-state index is 0.0273. The predicted octanol–water partition coefficient (Wildman–Crippen LogP) is 3.32. The van der Waals surface area contributed by atoms with E-state index in [0.717, 1.165) is 12.8 Å². The van der Waals surface area contributed by atoms with Gasteiger partial charge in [-0.1, -0.05) is 6.08 Å². The smallest absolute Gasteiger partial charge is 0.359 e. The topological polar surface area (TPSA) is 178 Å². The van der Waals surface area contributed by atoms with Crippen molar-refractivity contribution in [3.8, 4) is 0 Å². The van der Waals surface area contributed by atoms with E-state index in [0.29, 0.717) is 12.2 Å². The van der Waals surface area contributed by atoms with Crippen LogP contribution < -0.4 is 11.3 Å². The van der Waals surface area contributed by atoms with Gasteiger partial charge in [-0.05, 0) is 54.4 Å². The number of hydrogen-bond donors (Lipinski definition) is 2. The molecule has 1 saturated carbocycles. The number of esters is 2. The Hall–Kier alpha value is -3.02. The second kappa shape index (κ2) is 10.4. The third-order valence-electron chi connectivity index (χ3n) is 5.55. The molecule has 0 spiro atoms. The number of rotatable bonds is 10. The lowest BCUT2D eigenvalue weighted by molar-refractivity contribution is -0.161. The molecule has 1 fully saturated rings. The van der Waals surface area contributed by atoms with Gasteiger partial charge in [0, 0.05) is 17.8 Å². The Bertz CT molecular complexity index is 1260. The molecule has 0 amide bonds. The highest BCUT2D eigenvalue weighted by Crippen LogP contribution is 2.55. The average molecular weight is 540 g/mol. The molecule has 0 saturated heterocycles. The molecule has 0 unspecified atom stereocenters. The summed E-state index contributed by atoms with van der Waals surface area (Å²) in [5.41, 5.74) is 3.73. The van der Waals surface area contributed by atoms with Gasteiger partial charge in [0.25, 0.3) is 5.56 Å². The first-order chi connectivity index (χ1) is 17.0. The van der Waals surface area contributed by atoms with Crippen LogP contribution in [-0.2, 0) is 39.2 Å². The normalized spacial score (nSPS) is 15.7. The van der Waals surface area contributed by atoms with Crippen molar-refractivity contribution in [1.29, 1.82) is 0 Å². The molecule has 2 aromatic rings. The summed E-state index contributed by atoms with van der Waals surface area (Å²) < 4.78 is 36.0. The zero-order valence-corrected chi connectivity index (χ0v) is 22.8. The van der Waals surface area contributed by atoms with Crippen LogP contribution in [-0.4, -0.2) is 45.0 Å². The van der Waals surface area contributed by atoms with E-state index in [1.54, 1.807) is 52.2 Å². The van der Waals surface area contributed by atoms with Crippen molar-refractivity contribution in [2.45, 2.75) is 60.9 Å². The number of aromatic amines is 1. The summed E-state index contributed by atoms with van der Waals surface area (Å²) in [4.78, 5) is 46.9. The number of hydrogen-bond acceptors (Lipinski definition) is 11. The number of aromatic nitrogens is 4. The third-order valence-corrected chi connectivity index (χ3v) is 7.00. The summed E-state index contributed by atoms with van der Waals surface area (Å²) in [6.07, 6.45) is 4.68. The van der Waals surface area contributed by atoms with E-state index >= 15 is 0 Å². The van der Waals surface area contributed by atoms with Crippen LogP contribution in [0.2, 0.25) is 0 Å². The summed E-state index contributed by atoms with van der Waals surface area (Å²) in [6, 6.07) is 0. The Morgan fingerprint density at radius 2 is 1.65 bits per heavy atom. The molecule has 14 heteroatoms. The maximum atomic E-state index is 13.4. The number of allylic oxidation sites excluding steroid dienone is 1. The van der Waals surface area contributed by atoms with E-state index in [4.69, 9.17) is 24.3 Å². The molecule has 3 N–H and O–H groups in total. The summed E-state index contributed by atoms with van der Waals surface area (Å²) in [5.74, 6) is 0.147. The van der Waals surface area contributed by atoms with E-state index in [1.807, 2.05) is 0 Å². The molecule has 204 valence electrons. The molecule has 2 heterocycles. The molecule has 2 aromatic heterocycles. The number of nitrogen functional groups attached to an aromatic ring is 1. The first kappa shape index (κ1) is 28.5. The van der Waals surface area contributed by atoms with E-state index in [2.05, 4.69) is 15.0 Å². The Balaban J connectivity index is 1.75. The number of anilines is 1. The van der Waals surface area contributed by atoms with Crippen molar-refractivity contribution in [2.24, 2.45) is 16.2 Å². The molecule has 1 aliphatic carbocycles. The number of nitrogens with two attached hydrogens (primary N) is 1. The molecule has 37 heavy (non-hydrogen) atoms. The van der Waals surface area contributed by atoms with Crippen molar-refractivity contribution in [1.82, 2.24) is 19.5 Å². The predicted molar refractivity (Wildman–Crippen MR) is 134 cm³/mol. The van der Waals surface area contributed by atoms with Crippen molar-refractivity contribution < 1.29 is 32.7 Å². The summed E-state index contributed by atoms with van der Waals surface area (Å²) in [6.45, 7) is 9.18. The van der Waals surface area contributed by atoms with Gasteiger partial charge >= 0.3 is 19.5 Å². The van der Waals surface area contributed by atoms with Gasteiger partial charge in [-0.15, -0.1) is 0 Å². The minimum atomic E-state index is -4.00. The van der Waals surface area contributed by atoms with Crippen LogP contribution in [0, 0.1) is 16.2 Å². The second-order valence-electron chi connectivity index (χ2n) is 11.1. The molecule has 0 atom stereocenters. The van der Waals surface area contributed by atoms with Gasteiger partial charge in [-0.3, -0.25) is 33.0 Å². The Morgan fingerprint density at radius 3 is 2.14 bits per heavy atom. The lowest BCUT2D eigenvalue weighted by Crippen LogP contribution is -2.24. The molecule has 13 nitrogen and oxygen atoms in total. The van der Waals surface area contributed by atoms with E-state index in [9.17, 15) is 18.9 Å². The lowest BCUT2D eigenvalue weighted by Gasteiger charge is -2.21. The number of carbonyl (C=O) groups is 2. The lowest BCUT2D eigenvalue weighted by atomic mass is 9.98. The maximum Gasteiger partial charge on any atom is 0.359 e. The third kappa shape index (κ3) is 7.50. The average Bonchev–Trinajstić information content (AvgIpc) is 3.43. The number of fused-ring (bicyclic) bond motifs is 1. The monoisotopic (exact) mass is 539 g/mol. The Kier molecular flexibility index (Phi) is 8.02. The Morgan fingerprint density at radius 1 is 1.11 bits per heavy atom. The fraction of sp³-hybridized carbons (Fsp3) is 0.609. The molecule has 0 bridgehead atoms. The highest BCUT2D eigenvalue weighted by molar-refractivity contribution is 7.57. The summed E-state index contributed by atoms with van der Waals surface area (Å²) >= 11 is 0. The van der Waals surface area contributed by atoms with Crippen LogP contribution >= 0.6 is 7.60 Å². The maximum absolute atomic E-state index is 13.4. The van der Waals surface area contributed by atoms with E-state index in [-0.39, 0.29) is 11.5 Å². The van der Waals surface area contributed by atoms with Crippen LogP contribution in [0.25, 0.3) is 11.2 Å². The molecule has 0 aliphatic heterocycles.